The maximum Gasteiger partial charge on any atom is 0.263 e. The van der Waals surface area contributed by atoms with Gasteiger partial charge in [-0.3, -0.25) is 4.72 Å². The van der Waals surface area contributed by atoms with E-state index < -0.39 is 10.0 Å². The first-order valence-electron chi connectivity index (χ1n) is 7.10. The Morgan fingerprint density at radius 2 is 1.65 bits per heavy atom. The molecule has 0 unspecified atom stereocenters. The van der Waals surface area contributed by atoms with Crippen molar-refractivity contribution in [3.8, 4) is 0 Å². The van der Waals surface area contributed by atoms with Crippen molar-refractivity contribution in [3.63, 3.8) is 0 Å². The van der Waals surface area contributed by atoms with E-state index in [2.05, 4.69) is 25.5 Å². The van der Waals surface area contributed by atoms with Crippen molar-refractivity contribution in [1.29, 1.82) is 0 Å². The highest BCUT2D eigenvalue weighted by molar-refractivity contribution is 7.92. The summed E-state index contributed by atoms with van der Waals surface area (Å²) in [5.41, 5.74) is 2.50. The van der Waals surface area contributed by atoms with Crippen LogP contribution in [0, 0.1) is 6.92 Å². The summed E-state index contributed by atoms with van der Waals surface area (Å²) in [4.78, 5) is -0.0361. The smallest absolute Gasteiger partial charge is 0.263 e. The first-order valence-corrected chi connectivity index (χ1v) is 9.33. The minimum atomic E-state index is -3.80. The summed E-state index contributed by atoms with van der Waals surface area (Å²) in [5, 5.41) is 0.445. The summed E-state index contributed by atoms with van der Waals surface area (Å²) < 4.78 is 27.7. The Labute approximate surface area is 147 Å². The Bertz CT molecular complexity index is 840. The molecule has 0 aliphatic carbocycles. The van der Waals surface area contributed by atoms with Crippen LogP contribution in [0.1, 0.15) is 31.9 Å². The lowest BCUT2D eigenvalue weighted by Gasteiger charge is -2.21. The molecule has 0 atom stereocenters. The van der Waals surface area contributed by atoms with Crippen LogP contribution in [0.5, 0.6) is 0 Å². The summed E-state index contributed by atoms with van der Waals surface area (Å²) in [6.45, 7) is 8.19. The van der Waals surface area contributed by atoms with Crippen LogP contribution in [-0.4, -0.2) is 8.42 Å². The molecule has 0 saturated heterocycles. The van der Waals surface area contributed by atoms with Crippen LogP contribution < -0.4 is 4.72 Å². The van der Waals surface area contributed by atoms with Gasteiger partial charge in [-0.15, -0.1) is 0 Å². The highest BCUT2D eigenvalue weighted by atomic mass is 35.5. The van der Waals surface area contributed by atoms with Crippen LogP contribution in [0.4, 0.5) is 5.69 Å². The van der Waals surface area contributed by atoms with Gasteiger partial charge in [-0.2, -0.15) is 0 Å². The molecule has 0 aromatic heterocycles. The van der Waals surface area contributed by atoms with Crippen molar-refractivity contribution in [2.45, 2.75) is 38.0 Å². The van der Waals surface area contributed by atoms with Crippen LogP contribution in [0.15, 0.2) is 41.3 Å². The molecule has 0 bridgehead atoms. The zero-order valence-electron chi connectivity index (χ0n) is 13.4. The molecule has 0 saturated carbocycles. The number of sulfonamides is 1. The van der Waals surface area contributed by atoms with Gasteiger partial charge in [0.05, 0.1) is 10.7 Å². The Kier molecular flexibility index (Phi) is 5.00. The van der Waals surface area contributed by atoms with E-state index >= 15 is 0 Å². The number of anilines is 1. The van der Waals surface area contributed by atoms with Gasteiger partial charge in [0.25, 0.3) is 10.0 Å². The van der Waals surface area contributed by atoms with Crippen molar-refractivity contribution in [2.75, 3.05) is 4.72 Å². The molecule has 23 heavy (non-hydrogen) atoms. The largest absolute Gasteiger partial charge is 0.279 e. The molecule has 0 radical (unpaired) electrons. The van der Waals surface area contributed by atoms with Crippen LogP contribution in [-0.2, 0) is 15.4 Å². The lowest BCUT2D eigenvalue weighted by molar-refractivity contribution is 0.590. The maximum absolute atomic E-state index is 12.6. The SMILES string of the molecule is Cc1cc(C(C)(C)C)ccc1NS(=O)(=O)c1cc(Cl)ccc1Cl. The number of rotatable bonds is 3. The summed E-state index contributed by atoms with van der Waals surface area (Å²) in [6, 6.07) is 10.0. The molecule has 0 heterocycles. The Morgan fingerprint density at radius 1 is 1.00 bits per heavy atom. The lowest BCUT2D eigenvalue weighted by Crippen LogP contribution is -2.16. The van der Waals surface area contributed by atoms with Crippen molar-refractivity contribution >= 4 is 38.9 Å². The van der Waals surface area contributed by atoms with Gasteiger partial charge in [-0.25, -0.2) is 8.42 Å². The van der Waals surface area contributed by atoms with E-state index in [1.807, 2.05) is 19.1 Å². The molecule has 3 nitrogen and oxygen atoms in total. The van der Waals surface area contributed by atoms with Crippen LogP contribution in [0.3, 0.4) is 0 Å². The second-order valence-electron chi connectivity index (χ2n) is 6.46. The number of benzene rings is 2. The molecule has 0 fully saturated rings. The monoisotopic (exact) mass is 371 g/mol. The molecule has 2 aromatic rings. The number of halogens is 2. The van der Waals surface area contributed by atoms with E-state index in [1.165, 1.54) is 12.1 Å². The van der Waals surface area contributed by atoms with Crippen molar-refractivity contribution in [2.24, 2.45) is 0 Å². The number of aryl methyl sites for hydroxylation is 1. The zero-order chi connectivity index (χ0) is 17.4. The van der Waals surface area contributed by atoms with Gasteiger partial charge in [0, 0.05) is 5.02 Å². The maximum atomic E-state index is 12.6. The summed E-state index contributed by atoms with van der Waals surface area (Å²) in [5.74, 6) is 0. The van der Waals surface area contributed by atoms with Gasteiger partial charge in [-0.05, 0) is 47.7 Å². The molecular weight excluding hydrogens is 353 g/mol. The highest BCUT2D eigenvalue weighted by Crippen LogP contribution is 2.30. The minimum absolute atomic E-state index is 0.00156. The average Bonchev–Trinajstić information content (AvgIpc) is 2.42. The van der Waals surface area contributed by atoms with E-state index in [-0.39, 0.29) is 15.3 Å². The molecular formula is C17H19Cl2NO2S. The fraction of sp³-hybridized carbons (Fsp3) is 0.294. The predicted molar refractivity (Wildman–Crippen MR) is 97.1 cm³/mol. The third kappa shape index (κ3) is 4.19. The van der Waals surface area contributed by atoms with Crippen molar-refractivity contribution < 1.29 is 8.42 Å². The highest BCUT2D eigenvalue weighted by Gasteiger charge is 2.20. The average molecular weight is 372 g/mol. The Morgan fingerprint density at radius 3 is 2.22 bits per heavy atom. The predicted octanol–water partition coefficient (Wildman–Crippen LogP) is 5.40. The van der Waals surface area contributed by atoms with Gasteiger partial charge < -0.3 is 0 Å². The Balaban J connectivity index is 2.40. The number of nitrogens with one attached hydrogen (secondary N) is 1. The lowest BCUT2D eigenvalue weighted by atomic mass is 9.86. The third-order valence-electron chi connectivity index (χ3n) is 3.52. The fourth-order valence-corrected chi connectivity index (χ4v) is 4.02. The first kappa shape index (κ1) is 18.1. The van der Waals surface area contributed by atoms with E-state index in [9.17, 15) is 8.42 Å². The number of hydrogen-bond donors (Lipinski definition) is 1. The van der Waals surface area contributed by atoms with Gasteiger partial charge in [0.15, 0.2) is 0 Å². The second kappa shape index (κ2) is 6.34. The van der Waals surface area contributed by atoms with Gasteiger partial charge >= 0.3 is 0 Å². The van der Waals surface area contributed by atoms with Crippen LogP contribution in [0.2, 0.25) is 10.0 Å². The standard InChI is InChI=1S/C17H19Cl2NO2S/c1-11-9-12(17(2,3)4)5-8-15(11)20-23(21,22)16-10-13(18)6-7-14(16)19/h5-10,20H,1-4H3. The van der Waals surface area contributed by atoms with Crippen molar-refractivity contribution in [1.82, 2.24) is 0 Å². The van der Waals surface area contributed by atoms with Gasteiger partial charge in [-0.1, -0.05) is 56.1 Å². The molecule has 124 valence electrons. The molecule has 6 heteroatoms. The molecule has 0 spiro atoms. The quantitative estimate of drug-likeness (QED) is 0.784. The Hall–Kier alpha value is -1.23. The summed E-state index contributed by atoms with van der Waals surface area (Å²) >= 11 is 11.9. The summed E-state index contributed by atoms with van der Waals surface area (Å²) in [6.07, 6.45) is 0. The van der Waals surface area contributed by atoms with E-state index in [1.54, 1.807) is 12.1 Å². The van der Waals surface area contributed by atoms with E-state index in [4.69, 9.17) is 23.2 Å². The third-order valence-corrected chi connectivity index (χ3v) is 5.60. The summed E-state index contributed by atoms with van der Waals surface area (Å²) in [7, 11) is -3.80. The zero-order valence-corrected chi connectivity index (χ0v) is 15.8. The second-order valence-corrected chi connectivity index (χ2v) is 8.95. The first-order chi connectivity index (χ1) is 10.5. The molecule has 0 aliphatic heterocycles. The van der Waals surface area contributed by atoms with Crippen LogP contribution in [0.25, 0.3) is 0 Å². The van der Waals surface area contributed by atoms with E-state index in [0.717, 1.165) is 11.1 Å². The van der Waals surface area contributed by atoms with Crippen molar-refractivity contribution in [3.05, 3.63) is 57.6 Å². The molecule has 2 rings (SSSR count). The molecule has 2 aromatic carbocycles. The number of hydrogen-bond acceptors (Lipinski definition) is 2. The fourth-order valence-electron chi connectivity index (χ4n) is 2.13. The van der Waals surface area contributed by atoms with E-state index in [0.29, 0.717) is 10.7 Å². The normalized spacial score (nSPS) is 12.3. The molecule has 0 amide bonds. The molecule has 0 aliphatic rings. The van der Waals surface area contributed by atoms with Gasteiger partial charge in [0.2, 0.25) is 0 Å². The minimum Gasteiger partial charge on any atom is -0.279 e. The molecule has 1 N–H and O–H groups in total. The van der Waals surface area contributed by atoms with Gasteiger partial charge in [0.1, 0.15) is 4.90 Å². The van der Waals surface area contributed by atoms with Crippen LogP contribution >= 0.6 is 23.2 Å². The topological polar surface area (TPSA) is 46.2 Å².